The molecule has 0 spiro atoms. The molecule has 2 atom stereocenters. The molecular formula is C10H22N2O2. The first-order chi connectivity index (χ1) is 6.61. The second-order valence-corrected chi connectivity index (χ2v) is 3.30. The largest absolute Gasteiger partial charge is 0.369 e. The van der Waals surface area contributed by atoms with Crippen LogP contribution in [0.4, 0.5) is 0 Å². The molecule has 4 heteroatoms. The number of likely N-dealkylation sites (N-methyl/N-ethyl adjacent to an activating group) is 1. The third-order valence-corrected chi connectivity index (χ3v) is 1.92. The van der Waals surface area contributed by atoms with Gasteiger partial charge in [0.2, 0.25) is 5.91 Å². The highest BCUT2D eigenvalue weighted by Crippen LogP contribution is 1.90. The van der Waals surface area contributed by atoms with E-state index in [9.17, 15) is 4.79 Å². The van der Waals surface area contributed by atoms with Crippen molar-refractivity contribution in [3.05, 3.63) is 0 Å². The molecule has 0 aromatic heterocycles. The Morgan fingerprint density at radius 2 is 2.00 bits per heavy atom. The van der Waals surface area contributed by atoms with Crippen LogP contribution < -0.4 is 10.6 Å². The van der Waals surface area contributed by atoms with E-state index in [0.29, 0.717) is 19.2 Å². The first-order valence-electron chi connectivity index (χ1n) is 5.24. The Morgan fingerprint density at radius 1 is 1.36 bits per heavy atom. The van der Waals surface area contributed by atoms with Gasteiger partial charge in [-0.25, -0.2) is 0 Å². The molecule has 0 radical (unpaired) electrons. The highest BCUT2D eigenvalue weighted by atomic mass is 16.5. The number of rotatable bonds is 7. The summed E-state index contributed by atoms with van der Waals surface area (Å²) in [7, 11) is 0. The summed E-state index contributed by atoms with van der Waals surface area (Å²) in [6.45, 7) is 9.84. The number of amides is 1. The van der Waals surface area contributed by atoms with Crippen molar-refractivity contribution in [3.63, 3.8) is 0 Å². The molecule has 0 aliphatic heterocycles. The van der Waals surface area contributed by atoms with E-state index in [0.717, 1.165) is 6.54 Å². The molecule has 0 aromatic carbocycles. The van der Waals surface area contributed by atoms with Crippen LogP contribution in [0.15, 0.2) is 0 Å². The second kappa shape index (κ2) is 7.76. The van der Waals surface area contributed by atoms with Crippen molar-refractivity contribution in [2.24, 2.45) is 0 Å². The predicted molar refractivity (Wildman–Crippen MR) is 57.2 cm³/mol. The second-order valence-electron chi connectivity index (χ2n) is 3.30. The third-order valence-electron chi connectivity index (χ3n) is 1.92. The topological polar surface area (TPSA) is 50.4 Å². The van der Waals surface area contributed by atoms with E-state index in [4.69, 9.17) is 4.74 Å². The standard InChI is InChI=1S/C10H22N2O2/c1-5-11-8(3)7-12-10(13)9(4)14-6-2/h8-9,11H,5-7H2,1-4H3,(H,12,13)/t8-,9?/m1/s1. The van der Waals surface area contributed by atoms with E-state index in [1.165, 1.54) is 0 Å². The van der Waals surface area contributed by atoms with Crippen LogP contribution >= 0.6 is 0 Å². The quantitative estimate of drug-likeness (QED) is 0.633. The predicted octanol–water partition coefficient (Wildman–Crippen LogP) is 0.526. The van der Waals surface area contributed by atoms with E-state index in [1.807, 2.05) is 20.8 Å². The minimum absolute atomic E-state index is 0.0448. The van der Waals surface area contributed by atoms with Crippen molar-refractivity contribution in [2.45, 2.75) is 39.8 Å². The molecule has 84 valence electrons. The molecule has 0 aliphatic rings. The van der Waals surface area contributed by atoms with Crippen molar-refractivity contribution in [1.29, 1.82) is 0 Å². The van der Waals surface area contributed by atoms with E-state index < -0.39 is 0 Å². The Kier molecular flexibility index (Phi) is 7.42. The van der Waals surface area contributed by atoms with Crippen molar-refractivity contribution in [1.82, 2.24) is 10.6 Å². The fraction of sp³-hybridized carbons (Fsp3) is 0.900. The van der Waals surface area contributed by atoms with Crippen molar-refractivity contribution in [2.75, 3.05) is 19.7 Å². The van der Waals surface area contributed by atoms with Gasteiger partial charge in [0, 0.05) is 19.2 Å². The Balaban J connectivity index is 3.61. The van der Waals surface area contributed by atoms with Gasteiger partial charge in [-0.1, -0.05) is 6.92 Å². The van der Waals surface area contributed by atoms with Gasteiger partial charge in [-0.15, -0.1) is 0 Å². The summed E-state index contributed by atoms with van der Waals surface area (Å²) in [4.78, 5) is 11.4. The first kappa shape index (κ1) is 13.4. The minimum Gasteiger partial charge on any atom is -0.369 e. The van der Waals surface area contributed by atoms with Crippen LogP contribution in [0.5, 0.6) is 0 Å². The number of hydrogen-bond donors (Lipinski definition) is 2. The number of hydrogen-bond acceptors (Lipinski definition) is 3. The van der Waals surface area contributed by atoms with Gasteiger partial charge in [0.25, 0.3) is 0 Å². The Labute approximate surface area is 86.4 Å². The molecule has 0 aliphatic carbocycles. The summed E-state index contributed by atoms with van der Waals surface area (Å²) in [5, 5.41) is 6.04. The number of ether oxygens (including phenoxy) is 1. The normalized spacial score (nSPS) is 14.9. The molecule has 1 unspecified atom stereocenters. The molecule has 0 aromatic rings. The third kappa shape index (κ3) is 5.94. The molecule has 4 nitrogen and oxygen atoms in total. The van der Waals surface area contributed by atoms with Gasteiger partial charge in [0.15, 0.2) is 0 Å². The number of carbonyl (C=O) groups excluding carboxylic acids is 1. The Bertz CT molecular complexity index is 162. The maximum atomic E-state index is 11.4. The Hall–Kier alpha value is -0.610. The maximum absolute atomic E-state index is 11.4. The van der Waals surface area contributed by atoms with E-state index >= 15 is 0 Å². The molecule has 0 rings (SSSR count). The van der Waals surface area contributed by atoms with Gasteiger partial charge >= 0.3 is 0 Å². The van der Waals surface area contributed by atoms with Crippen molar-refractivity contribution < 1.29 is 9.53 Å². The lowest BCUT2D eigenvalue weighted by Gasteiger charge is -2.16. The lowest BCUT2D eigenvalue weighted by Crippen LogP contribution is -2.42. The smallest absolute Gasteiger partial charge is 0.248 e. The SMILES string of the molecule is CCN[C@H](C)CNC(=O)C(C)OCC. The van der Waals surface area contributed by atoms with Crippen molar-refractivity contribution >= 4 is 5.91 Å². The number of carbonyl (C=O) groups is 1. The monoisotopic (exact) mass is 202 g/mol. The van der Waals surface area contributed by atoms with Crippen LogP contribution in [-0.4, -0.2) is 37.7 Å². The summed E-state index contributed by atoms with van der Waals surface area (Å²) < 4.78 is 5.16. The van der Waals surface area contributed by atoms with Gasteiger partial charge in [0.05, 0.1) is 0 Å². The molecule has 0 bridgehead atoms. The summed E-state index contributed by atoms with van der Waals surface area (Å²) in [5.74, 6) is -0.0448. The molecule has 0 saturated heterocycles. The fourth-order valence-corrected chi connectivity index (χ4v) is 1.14. The average molecular weight is 202 g/mol. The maximum Gasteiger partial charge on any atom is 0.248 e. The molecule has 1 amide bonds. The highest BCUT2D eigenvalue weighted by Gasteiger charge is 2.12. The summed E-state index contributed by atoms with van der Waals surface area (Å²) >= 11 is 0. The average Bonchev–Trinajstić information content (AvgIpc) is 2.15. The number of nitrogens with one attached hydrogen (secondary N) is 2. The van der Waals surface area contributed by atoms with Gasteiger partial charge in [0.1, 0.15) is 6.10 Å². The molecule has 14 heavy (non-hydrogen) atoms. The zero-order chi connectivity index (χ0) is 11.0. The first-order valence-corrected chi connectivity index (χ1v) is 5.24. The van der Waals surface area contributed by atoms with E-state index in [2.05, 4.69) is 10.6 Å². The van der Waals surface area contributed by atoms with Crippen LogP contribution in [0.25, 0.3) is 0 Å². The highest BCUT2D eigenvalue weighted by molar-refractivity contribution is 5.80. The van der Waals surface area contributed by atoms with E-state index in [1.54, 1.807) is 6.92 Å². The van der Waals surface area contributed by atoms with Gasteiger partial charge < -0.3 is 15.4 Å². The summed E-state index contributed by atoms with van der Waals surface area (Å²) in [5.41, 5.74) is 0. The van der Waals surface area contributed by atoms with Crippen LogP contribution in [0.2, 0.25) is 0 Å². The van der Waals surface area contributed by atoms with Gasteiger partial charge in [-0.2, -0.15) is 0 Å². The molecule has 0 saturated carbocycles. The molecule has 0 heterocycles. The van der Waals surface area contributed by atoms with Crippen LogP contribution in [0.3, 0.4) is 0 Å². The van der Waals surface area contributed by atoms with Crippen LogP contribution in [-0.2, 0) is 9.53 Å². The van der Waals surface area contributed by atoms with E-state index in [-0.39, 0.29) is 12.0 Å². The zero-order valence-electron chi connectivity index (χ0n) is 9.59. The Morgan fingerprint density at radius 3 is 2.50 bits per heavy atom. The summed E-state index contributed by atoms with van der Waals surface area (Å²) in [6, 6.07) is 0.303. The van der Waals surface area contributed by atoms with Crippen LogP contribution in [0.1, 0.15) is 27.7 Å². The van der Waals surface area contributed by atoms with Gasteiger partial charge in [-0.3, -0.25) is 4.79 Å². The minimum atomic E-state index is -0.353. The van der Waals surface area contributed by atoms with Crippen molar-refractivity contribution in [3.8, 4) is 0 Å². The summed E-state index contributed by atoms with van der Waals surface area (Å²) in [6.07, 6.45) is -0.353. The fourth-order valence-electron chi connectivity index (χ4n) is 1.14. The van der Waals surface area contributed by atoms with Crippen LogP contribution in [0, 0.1) is 0 Å². The lowest BCUT2D eigenvalue weighted by molar-refractivity contribution is -0.131. The van der Waals surface area contributed by atoms with Gasteiger partial charge in [-0.05, 0) is 27.3 Å². The lowest BCUT2D eigenvalue weighted by atomic mass is 10.3. The molecule has 2 N–H and O–H groups in total. The zero-order valence-corrected chi connectivity index (χ0v) is 9.59. The molecular weight excluding hydrogens is 180 g/mol. The molecule has 0 fully saturated rings.